The maximum absolute atomic E-state index is 5.34. The number of rotatable bonds is 5. The fourth-order valence-corrected chi connectivity index (χ4v) is 1.40. The molecule has 0 saturated heterocycles. The number of ether oxygens (including phenoxy) is 1. The topological polar surface area (TPSA) is 21.3 Å². The van der Waals surface area contributed by atoms with Crippen LogP contribution in [0.1, 0.15) is 18.9 Å². The Morgan fingerprint density at radius 2 is 2.33 bits per heavy atom. The highest BCUT2D eigenvalue weighted by atomic mass is 16.5. The summed E-state index contributed by atoms with van der Waals surface area (Å²) < 4.78 is 5.12. The lowest BCUT2D eigenvalue weighted by Gasteiger charge is -2.17. The third-order valence-electron chi connectivity index (χ3n) is 2.26. The molecule has 2 heteroatoms. The Labute approximate surface area is 91.6 Å². The molecule has 0 aliphatic rings. The number of hydrogen-bond donors (Lipinski definition) is 1. The molecule has 15 heavy (non-hydrogen) atoms. The first-order valence-electron chi connectivity index (χ1n) is 5.12. The summed E-state index contributed by atoms with van der Waals surface area (Å²) in [4.78, 5) is 0. The van der Waals surface area contributed by atoms with E-state index in [0.717, 1.165) is 17.7 Å². The number of hydrogen-bond acceptors (Lipinski definition) is 2. The van der Waals surface area contributed by atoms with Crippen LogP contribution in [0, 0.1) is 12.3 Å². The third kappa shape index (κ3) is 3.65. The predicted molar refractivity (Wildman–Crippen MR) is 64.0 cm³/mol. The van der Waals surface area contributed by atoms with Crippen molar-refractivity contribution < 1.29 is 4.74 Å². The summed E-state index contributed by atoms with van der Waals surface area (Å²) in [5.41, 5.74) is 1.95. The lowest BCUT2D eigenvalue weighted by Crippen LogP contribution is -2.23. The average Bonchev–Trinajstić information content (AvgIpc) is 2.29. The van der Waals surface area contributed by atoms with Crippen molar-refractivity contribution in [2.45, 2.75) is 19.4 Å². The standard InChI is InChI=1S/C13H17NO/c1-4-11-7-6-8-13(9-11)14-12(5-2)10-15-3/h1,6-9,12,14H,5,10H2,2-3H3. The van der Waals surface area contributed by atoms with Crippen LogP contribution < -0.4 is 5.32 Å². The Kier molecular flexibility index (Phi) is 4.73. The minimum atomic E-state index is 0.336. The normalized spacial score (nSPS) is 11.8. The summed E-state index contributed by atoms with van der Waals surface area (Å²) in [6.07, 6.45) is 6.36. The number of nitrogens with one attached hydrogen (secondary N) is 1. The first-order valence-corrected chi connectivity index (χ1v) is 5.12. The van der Waals surface area contributed by atoms with Crippen LogP contribution in [0.15, 0.2) is 24.3 Å². The number of anilines is 1. The van der Waals surface area contributed by atoms with E-state index in [9.17, 15) is 0 Å². The van der Waals surface area contributed by atoms with Gasteiger partial charge >= 0.3 is 0 Å². The average molecular weight is 203 g/mol. The fraction of sp³-hybridized carbons (Fsp3) is 0.385. The summed E-state index contributed by atoms with van der Waals surface area (Å²) in [6.45, 7) is 2.83. The second-order valence-corrected chi connectivity index (χ2v) is 3.43. The Hall–Kier alpha value is -1.46. The highest BCUT2D eigenvalue weighted by Gasteiger charge is 2.04. The molecular formula is C13H17NO. The second kappa shape index (κ2) is 6.10. The van der Waals surface area contributed by atoms with Crippen LogP contribution in [-0.2, 0) is 4.74 Å². The van der Waals surface area contributed by atoms with Gasteiger partial charge in [-0.15, -0.1) is 6.42 Å². The van der Waals surface area contributed by atoms with Gasteiger partial charge in [0.05, 0.1) is 6.61 Å². The van der Waals surface area contributed by atoms with Crippen molar-refractivity contribution >= 4 is 5.69 Å². The molecule has 0 bridgehead atoms. The smallest absolute Gasteiger partial charge is 0.0663 e. The molecule has 1 rings (SSSR count). The zero-order valence-electron chi connectivity index (χ0n) is 9.29. The molecule has 1 atom stereocenters. The summed E-state index contributed by atoms with van der Waals surface area (Å²) in [5.74, 6) is 2.62. The van der Waals surface area contributed by atoms with Gasteiger partial charge in [0.15, 0.2) is 0 Å². The van der Waals surface area contributed by atoms with Gasteiger partial charge in [-0.05, 0) is 24.6 Å². The molecule has 80 valence electrons. The van der Waals surface area contributed by atoms with Gasteiger partial charge in [-0.3, -0.25) is 0 Å². The zero-order chi connectivity index (χ0) is 11.1. The largest absolute Gasteiger partial charge is 0.383 e. The summed E-state index contributed by atoms with van der Waals surface area (Å²) in [7, 11) is 1.71. The summed E-state index contributed by atoms with van der Waals surface area (Å²) in [5, 5.41) is 3.38. The van der Waals surface area contributed by atoms with Crippen molar-refractivity contribution in [1.29, 1.82) is 0 Å². The van der Waals surface area contributed by atoms with Gasteiger partial charge in [0.1, 0.15) is 0 Å². The zero-order valence-corrected chi connectivity index (χ0v) is 9.29. The quantitative estimate of drug-likeness (QED) is 0.742. The van der Waals surface area contributed by atoms with Crippen LogP contribution in [-0.4, -0.2) is 19.8 Å². The highest BCUT2D eigenvalue weighted by Crippen LogP contribution is 2.12. The van der Waals surface area contributed by atoms with Crippen LogP contribution in [0.4, 0.5) is 5.69 Å². The Morgan fingerprint density at radius 1 is 1.53 bits per heavy atom. The monoisotopic (exact) mass is 203 g/mol. The molecule has 1 aromatic carbocycles. The number of terminal acetylenes is 1. The van der Waals surface area contributed by atoms with E-state index in [0.29, 0.717) is 12.6 Å². The van der Waals surface area contributed by atoms with E-state index in [-0.39, 0.29) is 0 Å². The minimum absolute atomic E-state index is 0.336. The van der Waals surface area contributed by atoms with Gasteiger partial charge in [-0.2, -0.15) is 0 Å². The van der Waals surface area contributed by atoms with Gasteiger partial charge in [-0.25, -0.2) is 0 Å². The minimum Gasteiger partial charge on any atom is -0.383 e. The lowest BCUT2D eigenvalue weighted by molar-refractivity contribution is 0.184. The van der Waals surface area contributed by atoms with E-state index in [1.165, 1.54) is 0 Å². The van der Waals surface area contributed by atoms with Crippen LogP contribution in [0.2, 0.25) is 0 Å². The Morgan fingerprint density at radius 3 is 2.93 bits per heavy atom. The van der Waals surface area contributed by atoms with Crippen LogP contribution in [0.25, 0.3) is 0 Å². The Balaban J connectivity index is 2.66. The molecule has 0 aliphatic carbocycles. The van der Waals surface area contributed by atoms with Gasteiger partial charge in [0.2, 0.25) is 0 Å². The molecule has 0 amide bonds. The molecule has 2 nitrogen and oxygen atoms in total. The summed E-state index contributed by atoms with van der Waals surface area (Å²) in [6, 6.07) is 8.19. The van der Waals surface area contributed by atoms with E-state index >= 15 is 0 Å². The molecule has 0 aromatic heterocycles. The van der Waals surface area contributed by atoms with Gasteiger partial charge in [0, 0.05) is 24.4 Å². The number of methoxy groups -OCH3 is 1. The van der Waals surface area contributed by atoms with Crippen molar-refractivity contribution in [3.05, 3.63) is 29.8 Å². The highest BCUT2D eigenvalue weighted by molar-refractivity contribution is 5.50. The molecule has 0 aliphatic heterocycles. The van der Waals surface area contributed by atoms with Crippen LogP contribution in [0.5, 0.6) is 0 Å². The SMILES string of the molecule is C#Cc1cccc(NC(CC)COC)c1. The molecule has 0 spiro atoms. The maximum atomic E-state index is 5.34. The summed E-state index contributed by atoms with van der Waals surface area (Å²) >= 11 is 0. The molecule has 0 saturated carbocycles. The van der Waals surface area contributed by atoms with Gasteiger partial charge in [-0.1, -0.05) is 18.9 Å². The molecule has 1 aromatic rings. The van der Waals surface area contributed by atoms with Crippen molar-refractivity contribution in [3.63, 3.8) is 0 Å². The fourth-order valence-electron chi connectivity index (χ4n) is 1.40. The predicted octanol–water partition coefficient (Wildman–Crippen LogP) is 2.50. The van der Waals surface area contributed by atoms with Gasteiger partial charge < -0.3 is 10.1 Å². The van der Waals surface area contributed by atoms with E-state index in [4.69, 9.17) is 11.2 Å². The first-order chi connectivity index (χ1) is 7.30. The second-order valence-electron chi connectivity index (χ2n) is 3.43. The van der Waals surface area contributed by atoms with Crippen molar-refractivity contribution in [3.8, 4) is 12.3 Å². The number of benzene rings is 1. The maximum Gasteiger partial charge on any atom is 0.0663 e. The molecule has 1 unspecified atom stereocenters. The van der Waals surface area contributed by atoms with Crippen LogP contribution >= 0.6 is 0 Å². The lowest BCUT2D eigenvalue weighted by atomic mass is 10.2. The Bertz CT molecular complexity index is 341. The van der Waals surface area contributed by atoms with Crippen molar-refractivity contribution in [2.24, 2.45) is 0 Å². The van der Waals surface area contributed by atoms with E-state index in [1.54, 1.807) is 7.11 Å². The molecule has 0 radical (unpaired) electrons. The molecule has 0 fully saturated rings. The molecule has 0 heterocycles. The van der Waals surface area contributed by atoms with E-state index in [1.807, 2.05) is 24.3 Å². The van der Waals surface area contributed by atoms with Crippen molar-refractivity contribution in [2.75, 3.05) is 19.0 Å². The van der Waals surface area contributed by atoms with E-state index in [2.05, 4.69) is 18.2 Å². The van der Waals surface area contributed by atoms with Gasteiger partial charge in [0.25, 0.3) is 0 Å². The van der Waals surface area contributed by atoms with Crippen LogP contribution in [0.3, 0.4) is 0 Å². The first kappa shape index (κ1) is 11.6. The van der Waals surface area contributed by atoms with Crippen molar-refractivity contribution in [1.82, 2.24) is 0 Å². The molecular weight excluding hydrogens is 186 g/mol. The molecule has 1 N–H and O–H groups in total. The van der Waals surface area contributed by atoms with E-state index < -0.39 is 0 Å². The third-order valence-corrected chi connectivity index (χ3v) is 2.26.